The lowest BCUT2D eigenvalue weighted by molar-refractivity contribution is 0.0529. The molecule has 1 aromatic heterocycles. The minimum Gasteiger partial charge on any atom is -0.375 e. The topological polar surface area (TPSA) is 38.2 Å². The van der Waals surface area contributed by atoms with Gasteiger partial charge in [0.15, 0.2) is 5.82 Å². The maximum atomic E-state index is 5.44. The van der Waals surface area contributed by atoms with Gasteiger partial charge < -0.3 is 9.64 Å². The molecule has 2 heterocycles. The molecule has 13 heavy (non-hydrogen) atoms. The molecule has 1 aliphatic rings. The van der Waals surface area contributed by atoms with Crippen LogP contribution in [0.4, 0.5) is 5.82 Å². The fourth-order valence-electron chi connectivity index (χ4n) is 1.49. The zero-order chi connectivity index (χ0) is 9.10. The highest BCUT2D eigenvalue weighted by molar-refractivity contribution is 5.36. The van der Waals surface area contributed by atoms with Gasteiger partial charge in [-0.1, -0.05) is 0 Å². The minimum atomic E-state index is 0.288. The first kappa shape index (κ1) is 8.44. The third kappa shape index (κ3) is 1.95. The normalized spacial score (nSPS) is 23.2. The van der Waals surface area contributed by atoms with Crippen molar-refractivity contribution in [3.63, 3.8) is 0 Å². The molecule has 0 aromatic carbocycles. The highest BCUT2D eigenvalue weighted by atomic mass is 16.5. The highest BCUT2D eigenvalue weighted by Crippen LogP contribution is 2.12. The third-order valence-electron chi connectivity index (χ3n) is 2.12. The zero-order valence-electron chi connectivity index (χ0n) is 7.68. The molecular formula is C9H13N3O. The van der Waals surface area contributed by atoms with E-state index in [2.05, 4.69) is 22.0 Å². The van der Waals surface area contributed by atoms with Gasteiger partial charge in [-0.3, -0.25) is 0 Å². The van der Waals surface area contributed by atoms with E-state index in [-0.39, 0.29) is 6.10 Å². The predicted molar refractivity (Wildman–Crippen MR) is 49.7 cm³/mol. The molecule has 4 nitrogen and oxygen atoms in total. The maximum absolute atomic E-state index is 5.44. The van der Waals surface area contributed by atoms with E-state index in [1.807, 2.05) is 12.1 Å². The highest BCUT2D eigenvalue weighted by Gasteiger charge is 2.17. The lowest BCUT2D eigenvalue weighted by atomic mass is 10.3. The standard InChI is InChI=1S/C9H13N3O/c1-8-7-12(5-6-13-8)9-3-2-4-10-11-9/h2-4,8H,5-7H2,1H3/t8-/m0/s1. The molecule has 0 radical (unpaired) electrons. The molecule has 0 saturated carbocycles. The number of nitrogens with zero attached hydrogens (tertiary/aromatic N) is 3. The summed E-state index contributed by atoms with van der Waals surface area (Å²) >= 11 is 0. The Bertz CT molecular complexity index is 265. The summed E-state index contributed by atoms with van der Waals surface area (Å²) in [7, 11) is 0. The lowest BCUT2D eigenvalue weighted by Crippen LogP contribution is -2.41. The van der Waals surface area contributed by atoms with Crippen LogP contribution >= 0.6 is 0 Å². The number of morpholine rings is 1. The average molecular weight is 179 g/mol. The number of hydrogen-bond acceptors (Lipinski definition) is 4. The second-order valence-corrected chi connectivity index (χ2v) is 3.21. The van der Waals surface area contributed by atoms with Crippen molar-refractivity contribution in [2.45, 2.75) is 13.0 Å². The fraction of sp³-hybridized carbons (Fsp3) is 0.556. The number of rotatable bonds is 1. The number of ether oxygens (including phenoxy) is 1. The molecule has 1 fully saturated rings. The summed E-state index contributed by atoms with van der Waals surface area (Å²) in [4.78, 5) is 2.20. The summed E-state index contributed by atoms with van der Waals surface area (Å²) in [5.74, 6) is 0.942. The Kier molecular flexibility index (Phi) is 2.40. The van der Waals surface area contributed by atoms with Crippen molar-refractivity contribution in [2.75, 3.05) is 24.6 Å². The van der Waals surface area contributed by atoms with Crippen LogP contribution in [-0.4, -0.2) is 36.0 Å². The molecule has 70 valence electrons. The first-order chi connectivity index (χ1) is 6.36. The van der Waals surface area contributed by atoms with Crippen molar-refractivity contribution in [1.82, 2.24) is 10.2 Å². The van der Waals surface area contributed by atoms with Gasteiger partial charge in [0.2, 0.25) is 0 Å². The van der Waals surface area contributed by atoms with Crippen LogP contribution in [0.25, 0.3) is 0 Å². The van der Waals surface area contributed by atoms with Crippen molar-refractivity contribution in [3.05, 3.63) is 18.3 Å². The Morgan fingerprint density at radius 3 is 3.23 bits per heavy atom. The molecule has 2 rings (SSSR count). The van der Waals surface area contributed by atoms with Gasteiger partial charge in [0.05, 0.1) is 12.7 Å². The van der Waals surface area contributed by atoms with E-state index < -0.39 is 0 Å². The van der Waals surface area contributed by atoms with E-state index >= 15 is 0 Å². The first-order valence-corrected chi connectivity index (χ1v) is 4.50. The molecule has 1 saturated heterocycles. The Morgan fingerprint density at radius 1 is 1.62 bits per heavy atom. The summed E-state index contributed by atoms with van der Waals surface area (Å²) in [6.45, 7) is 4.65. The maximum Gasteiger partial charge on any atom is 0.151 e. The van der Waals surface area contributed by atoms with Crippen LogP contribution in [0, 0.1) is 0 Å². The monoisotopic (exact) mass is 179 g/mol. The van der Waals surface area contributed by atoms with Gasteiger partial charge in [-0.25, -0.2) is 0 Å². The van der Waals surface area contributed by atoms with E-state index in [9.17, 15) is 0 Å². The fourth-order valence-corrected chi connectivity index (χ4v) is 1.49. The van der Waals surface area contributed by atoms with Crippen molar-refractivity contribution >= 4 is 5.82 Å². The molecule has 0 N–H and O–H groups in total. The summed E-state index contributed by atoms with van der Waals surface area (Å²) in [5, 5.41) is 7.91. The van der Waals surface area contributed by atoms with Crippen LogP contribution in [0.5, 0.6) is 0 Å². The summed E-state index contributed by atoms with van der Waals surface area (Å²) in [5.41, 5.74) is 0. The molecule has 0 bridgehead atoms. The Morgan fingerprint density at radius 2 is 2.54 bits per heavy atom. The van der Waals surface area contributed by atoms with Crippen LogP contribution in [0.2, 0.25) is 0 Å². The van der Waals surface area contributed by atoms with Crippen LogP contribution < -0.4 is 4.90 Å². The quantitative estimate of drug-likeness (QED) is 0.636. The van der Waals surface area contributed by atoms with Crippen molar-refractivity contribution in [3.8, 4) is 0 Å². The summed E-state index contributed by atoms with van der Waals surface area (Å²) in [6.07, 6.45) is 1.98. The Labute approximate surface area is 77.5 Å². The van der Waals surface area contributed by atoms with Gasteiger partial charge in [-0.05, 0) is 19.1 Å². The average Bonchev–Trinajstić information content (AvgIpc) is 2.19. The van der Waals surface area contributed by atoms with Crippen molar-refractivity contribution in [1.29, 1.82) is 0 Å². The minimum absolute atomic E-state index is 0.288. The molecule has 1 aromatic rings. The Hall–Kier alpha value is -1.16. The molecule has 1 atom stereocenters. The third-order valence-corrected chi connectivity index (χ3v) is 2.12. The van der Waals surface area contributed by atoms with Crippen molar-refractivity contribution in [2.24, 2.45) is 0 Å². The van der Waals surface area contributed by atoms with Crippen LogP contribution in [0.1, 0.15) is 6.92 Å². The van der Waals surface area contributed by atoms with Gasteiger partial charge in [-0.2, -0.15) is 5.10 Å². The first-order valence-electron chi connectivity index (χ1n) is 4.50. The molecular weight excluding hydrogens is 166 g/mol. The predicted octanol–water partition coefficient (Wildman–Crippen LogP) is 0.702. The van der Waals surface area contributed by atoms with E-state index in [0.717, 1.165) is 25.5 Å². The largest absolute Gasteiger partial charge is 0.375 e. The Balaban J connectivity index is 2.08. The van der Waals surface area contributed by atoms with Gasteiger partial charge in [0.25, 0.3) is 0 Å². The SMILES string of the molecule is C[C@H]1CN(c2cccnn2)CCO1. The molecule has 0 unspecified atom stereocenters. The molecule has 1 aliphatic heterocycles. The second-order valence-electron chi connectivity index (χ2n) is 3.21. The second kappa shape index (κ2) is 3.70. The van der Waals surface area contributed by atoms with Crippen LogP contribution in [-0.2, 0) is 4.74 Å². The van der Waals surface area contributed by atoms with Crippen LogP contribution in [0.3, 0.4) is 0 Å². The lowest BCUT2D eigenvalue weighted by Gasteiger charge is -2.31. The van der Waals surface area contributed by atoms with E-state index in [0.29, 0.717) is 0 Å². The van der Waals surface area contributed by atoms with Gasteiger partial charge in [0, 0.05) is 19.3 Å². The van der Waals surface area contributed by atoms with E-state index in [1.54, 1.807) is 6.20 Å². The summed E-state index contributed by atoms with van der Waals surface area (Å²) in [6, 6.07) is 3.88. The number of anilines is 1. The van der Waals surface area contributed by atoms with Gasteiger partial charge >= 0.3 is 0 Å². The van der Waals surface area contributed by atoms with Crippen molar-refractivity contribution < 1.29 is 4.74 Å². The van der Waals surface area contributed by atoms with Gasteiger partial charge in [-0.15, -0.1) is 5.10 Å². The van der Waals surface area contributed by atoms with Gasteiger partial charge in [0.1, 0.15) is 0 Å². The zero-order valence-corrected chi connectivity index (χ0v) is 7.68. The number of hydrogen-bond donors (Lipinski definition) is 0. The molecule has 4 heteroatoms. The molecule has 0 aliphatic carbocycles. The number of aromatic nitrogens is 2. The smallest absolute Gasteiger partial charge is 0.151 e. The van der Waals surface area contributed by atoms with E-state index in [1.165, 1.54) is 0 Å². The molecule has 0 spiro atoms. The summed E-state index contributed by atoms with van der Waals surface area (Å²) < 4.78 is 5.44. The van der Waals surface area contributed by atoms with E-state index in [4.69, 9.17) is 4.74 Å². The van der Waals surface area contributed by atoms with Crippen LogP contribution in [0.15, 0.2) is 18.3 Å². The molecule has 0 amide bonds.